The van der Waals surface area contributed by atoms with Crippen LogP contribution in [-0.4, -0.2) is 23.0 Å². The van der Waals surface area contributed by atoms with E-state index in [9.17, 15) is 8.42 Å². The van der Waals surface area contributed by atoms with E-state index in [1.165, 1.54) is 17.5 Å². The van der Waals surface area contributed by atoms with Gasteiger partial charge in [0.1, 0.15) is 9.90 Å². The third-order valence-electron chi connectivity index (χ3n) is 4.48. The molecular formula is C20H18N4O2S2. The molecule has 0 unspecified atom stereocenters. The van der Waals surface area contributed by atoms with E-state index in [1.807, 2.05) is 47.3 Å². The molecule has 0 saturated heterocycles. The molecule has 0 spiro atoms. The van der Waals surface area contributed by atoms with Crippen LogP contribution in [-0.2, 0) is 17.1 Å². The molecule has 3 heterocycles. The van der Waals surface area contributed by atoms with Crippen molar-refractivity contribution in [3.05, 3.63) is 72.0 Å². The zero-order valence-corrected chi connectivity index (χ0v) is 17.0. The van der Waals surface area contributed by atoms with E-state index in [4.69, 9.17) is 4.98 Å². The van der Waals surface area contributed by atoms with E-state index in [2.05, 4.69) is 9.71 Å². The second kappa shape index (κ2) is 7.21. The topological polar surface area (TPSA) is 76.9 Å². The van der Waals surface area contributed by atoms with Crippen LogP contribution < -0.4 is 4.72 Å². The number of nitrogens with zero attached hydrogens (tertiary/aromatic N) is 3. The molecular weight excluding hydrogens is 392 g/mol. The van der Waals surface area contributed by atoms with E-state index < -0.39 is 10.0 Å². The normalized spacial score (nSPS) is 11.5. The maximum Gasteiger partial charge on any atom is 0.263 e. The van der Waals surface area contributed by atoms with Gasteiger partial charge in [-0.25, -0.2) is 13.4 Å². The van der Waals surface area contributed by atoms with Gasteiger partial charge in [-0.15, -0.1) is 11.3 Å². The molecule has 0 aliphatic carbocycles. The lowest BCUT2D eigenvalue weighted by molar-refractivity contribution is 0.600. The van der Waals surface area contributed by atoms with Crippen molar-refractivity contribution >= 4 is 27.0 Å². The van der Waals surface area contributed by atoms with Crippen molar-refractivity contribution in [1.29, 1.82) is 0 Å². The number of rotatable bonds is 5. The molecule has 28 heavy (non-hydrogen) atoms. The molecule has 0 aliphatic rings. The van der Waals surface area contributed by atoms with Crippen LogP contribution in [0.15, 0.2) is 71.2 Å². The summed E-state index contributed by atoms with van der Waals surface area (Å²) in [6.07, 6.45) is 3.07. The fourth-order valence-corrected chi connectivity index (χ4v) is 5.13. The lowest BCUT2D eigenvalue weighted by Crippen LogP contribution is -2.13. The van der Waals surface area contributed by atoms with Crippen LogP contribution in [0.2, 0.25) is 0 Å². The van der Waals surface area contributed by atoms with Crippen molar-refractivity contribution in [3.8, 4) is 22.0 Å². The summed E-state index contributed by atoms with van der Waals surface area (Å²) in [5.41, 5.74) is 3.73. The molecule has 0 bridgehead atoms. The summed E-state index contributed by atoms with van der Waals surface area (Å²) >= 11 is 1.49. The highest BCUT2D eigenvalue weighted by Crippen LogP contribution is 2.33. The minimum absolute atomic E-state index is 0.227. The zero-order valence-electron chi connectivity index (χ0n) is 15.3. The maximum absolute atomic E-state index is 12.9. The lowest BCUT2D eigenvalue weighted by atomic mass is 10.2. The third kappa shape index (κ3) is 3.44. The third-order valence-corrected chi connectivity index (χ3v) is 6.85. The number of thiazole rings is 1. The summed E-state index contributed by atoms with van der Waals surface area (Å²) in [6, 6.07) is 14.9. The van der Waals surface area contributed by atoms with Gasteiger partial charge in [0.25, 0.3) is 10.0 Å². The summed E-state index contributed by atoms with van der Waals surface area (Å²) in [4.78, 5) is 8.88. The molecule has 4 aromatic rings. The van der Waals surface area contributed by atoms with Crippen LogP contribution in [0, 0.1) is 6.92 Å². The maximum atomic E-state index is 12.9. The number of nitrogens with one attached hydrogen (secondary N) is 1. The van der Waals surface area contributed by atoms with E-state index in [-0.39, 0.29) is 4.90 Å². The summed E-state index contributed by atoms with van der Waals surface area (Å²) in [6.45, 7) is 1.78. The molecule has 0 aliphatic heterocycles. The smallest absolute Gasteiger partial charge is 0.263 e. The number of aromatic nitrogens is 3. The average Bonchev–Trinajstić information content (AvgIpc) is 3.29. The molecule has 1 N–H and O–H groups in total. The first-order chi connectivity index (χ1) is 13.5. The molecule has 6 nitrogen and oxygen atoms in total. The summed E-state index contributed by atoms with van der Waals surface area (Å²) in [5, 5.41) is 2.75. The van der Waals surface area contributed by atoms with Crippen molar-refractivity contribution in [1.82, 2.24) is 14.5 Å². The quantitative estimate of drug-likeness (QED) is 0.532. The van der Waals surface area contributed by atoms with Gasteiger partial charge in [-0.1, -0.05) is 30.3 Å². The molecule has 1 aromatic carbocycles. The Labute approximate surface area is 167 Å². The number of benzene rings is 1. The second-order valence-electron chi connectivity index (χ2n) is 6.29. The van der Waals surface area contributed by atoms with Crippen molar-refractivity contribution in [3.63, 3.8) is 0 Å². The summed E-state index contributed by atoms with van der Waals surface area (Å²) in [7, 11) is -1.89. The van der Waals surface area contributed by atoms with Crippen LogP contribution in [0.3, 0.4) is 0 Å². The Kier molecular flexibility index (Phi) is 4.74. The van der Waals surface area contributed by atoms with Gasteiger partial charge in [0.05, 0.1) is 23.3 Å². The molecule has 0 atom stereocenters. The lowest BCUT2D eigenvalue weighted by Gasteiger charge is -2.07. The van der Waals surface area contributed by atoms with Crippen LogP contribution in [0.4, 0.5) is 5.69 Å². The average molecular weight is 411 g/mol. The summed E-state index contributed by atoms with van der Waals surface area (Å²) < 4.78 is 30.2. The molecule has 0 amide bonds. The monoisotopic (exact) mass is 410 g/mol. The first-order valence-corrected chi connectivity index (χ1v) is 10.9. The second-order valence-corrected chi connectivity index (χ2v) is 8.80. The Morgan fingerprint density at radius 3 is 2.61 bits per heavy atom. The van der Waals surface area contributed by atoms with E-state index in [1.54, 1.807) is 31.3 Å². The Morgan fingerprint density at radius 1 is 1.11 bits per heavy atom. The molecule has 0 radical (unpaired) electrons. The van der Waals surface area contributed by atoms with Gasteiger partial charge in [-0.05, 0) is 25.1 Å². The minimum Gasteiger partial charge on any atom is -0.345 e. The predicted octanol–water partition coefficient (Wildman–Crippen LogP) is 4.32. The van der Waals surface area contributed by atoms with Crippen molar-refractivity contribution < 1.29 is 8.42 Å². The number of hydrogen-bond donors (Lipinski definition) is 1. The van der Waals surface area contributed by atoms with Crippen molar-refractivity contribution in [2.45, 2.75) is 11.8 Å². The Hall–Kier alpha value is -2.97. The van der Waals surface area contributed by atoms with Crippen LogP contribution >= 0.6 is 11.3 Å². The van der Waals surface area contributed by atoms with Crippen molar-refractivity contribution in [2.75, 3.05) is 4.72 Å². The van der Waals surface area contributed by atoms with Crippen LogP contribution in [0.5, 0.6) is 0 Å². The van der Waals surface area contributed by atoms with Crippen molar-refractivity contribution in [2.24, 2.45) is 7.05 Å². The van der Waals surface area contributed by atoms with Gasteiger partial charge in [-0.2, -0.15) is 0 Å². The number of anilines is 1. The van der Waals surface area contributed by atoms with Gasteiger partial charge in [-0.3, -0.25) is 9.71 Å². The highest BCUT2D eigenvalue weighted by atomic mass is 32.2. The molecule has 4 rings (SSSR count). The SMILES string of the molecule is Cc1c(S(=O)(=O)Nc2cccnc2)cc(-c2nc(-c3ccccc3)cs2)n1C. The molecule has 8 heteroatoms. The fraction of sp³-hybridized carbons (Fsp3) is 0.100. The van der Waals surface area contributed by atoms with Gasteiger partial charge < -0.3 is 4.57 Å². The zero-order chi connectivity index (χ0) is 19.7. The van der Waals surface area contributed by atoms with Gasteiger partial charge >= 0.3 is 0 Å². The number of sulfonamides is 1. The first kappa shape index (κ1) is 18.4. The summed E-state index contributed by atoms with van der Waals surface area (Å²) in [5.74, 6) is 0. The van der Waals surface area contributed by atoms with E-state index in [0.717, 1.165) is 22.0 Å². The first-order valence-electron chi connectivity index (χ1n) is 8.56. The van der Waals surface area contributed by atoms with Crippen LogP contribution in [0.25, 0.3) is 22.0 Å². The molecule has 0 fully saturated rings. The van der Waals surface area contributed by atoms with Gasteiger partial charge in [0.15, 0.2) is 0 Å². The van der Waals surface area contributed by atoms with Gasteiger partial charge in [0, 0.05) is 29.9 Å². The van der Waals surface area contributed by atoms with Crippen LogP contribution in [0.1, 0.15) is 5.69 Å². The molecule has 0 saturated carbocycles. The molecule has 142 valence electrons. The predicted molar refractivity (Wildman–Crippen MR) is 112 cm³/mol. The Balaban J connectivity index is 1.71. The van der Waals surface area contributed by atoms with Gasteiger partial charge in [0.2, 0.25) is 0 Å². The Morgan fingerprint density at radius 2 is 1.89 bits per heavy atom. The molecule has 3 aromatic heterocycles. The Bertz CT molecular complexity index is 1210. The largest absolute Gasteiger partial charge is 0.345 e. The minimum atomic E-state index is -3.73. The van der Waals surface area contributed by atoms with E-state index >= 15 is 0 Å². The standard InChI is InChI=1S/C20H18N4O2S2/c1-14-19(28(25,26)23-16-9-6-10-21-12-16)11-18(24(14)2)20-22-17(13-27-20)15-7-4-3-5-8-15/h3-13,23H,1-2H3. The highest BCUT2D eigenvalue weighted by Gasteiger charge is 2.23. The highest BCUT2D eigenvalue weighted by molar-refractivity contribution is 7.92. The number of pyridine rings is 1. The van der Waals surface area contributed by atoms with E-state index in [0.29, 0.717) is 11.4 Å². The number of hydrogen-bond acceptors (Lipinski definition) is 5. The fourth-order valence-electron chi connectivity index (χ4n) is 2.91.